The van der Waals surface area contributed by atoms with Crippen LogP contribution in [-0.2, 0) is 0 Å². The van der Waals surface area contributed by atoms with Gasteiger partial charge in [0.05, 0.1) is 11.2 Å². The first-order valence-electron chi connectivity index (χ1n) is 6.24. The molecule has 0 aliphatic carbocycles. The van der Waals surface area contributed by atoms with Crippen molar-refractivity contribution in [3.8, 4) is 11.5 Å². The Morgan fingerprint density at radius 2 is 1.76 bits per heavy atom. The van der Waals surface area contributed by atoms with Gasteiger partial charge >= 0.3 is 0 Å². The Labute approximate surface area is 120 Å². The number of primary amides is 1. The van der Waals surface area contributed by atoms with Gasteiger partial charge in [-0.15, -0.1) is 10.2 Å². The van der Waals surface area contributed by atoms with Gasteiger partial charge in [-0.3, -0.25) is 4.79 Å². The summed E-state index contributed by atoms with van der Waals surface area (Å²) in [4.78, 5) is 11.2. The van der Waals surface area contributed by atoms with Gasteiger partial charge in [0, 0.05) is 11.5 Å². The van der Waals surface area contributed by atoms with Crippen molar-refractivity contribution in [2.24, 2.45) is 5.73 Å². The first kappa shape index (κ1) is 12.9. The average molecular weight is 280 g/mol. The molecule has 0 bridgehead atoms. The van der Waals surface area contributed by atoms with E-state index in [4.69, 9.17) is 16.2 Å². The molecule has 4 N–H and O–H groups in total. The molecule has 0 saturated heterocycles. The molecule has 0 unspecified atom stereocenters. The van der Waals surface area contributed by atoms with Crippen LogP contribution in [0.4, 0.5) is 5.69 Å². The number of hydrogen-bond acceptors (Lipinski definition) is 5. The molecule has 1 amide bonds. The van der Waals surface area contributed by atoms with E-state index in [1.807, 2.05) is 30.3 Å². The Kier molecular flexibility index (Phi) is 3.12. The zero-order chi connectivity index (χ0) is 14.8. The predicted molar refractivity (Wildman–Crippen MR) is 79.0 cm³/mol. The van der Waals surface area contributed by atoms with Crippen LogP contribution in [0.25, 0.3) is 10.9 Å². The highest BCUT2D eigenvalue weighted by atomic mass is 16.5. The minimum atomic E-state index is -0.702. The average Bonchev–Trinajstić information content (AvgIpc) is 2.48. The third kappa shape index (κ3) is 2.46. The van der Waals surface area contributed by atoms with Crippen LogP contribution in [0.3, 0.4) is 0 Å². The number of hydrogen-bond donors (Lipinski definition) is 2. The van der Waals surface area contributed by atoms with Crippen molar-refractivity contribution >= 4 is 22.5 Å². The molecule has 2 aromatic carbocycles. The Morgan fingerprint density at radius 1 is 1.00 bits per heavy atom. The summed E-state index contributed by atoms with van der Waals surface area (Å²) < 4.78 is 5.70. The molecule has 0 atom stereocenters. The molecule has 1 aromatic heterocycles. The monoisotopic (exact) mass is 280 g/mol. The molecule has 1 heterocycles. The Bertz CT molecular complexity index is 819. The lowest BCUT2D eigenvalue weighted by Crippen LogP contribution is -2.16. The van der Waals surface area contributed by atoms with E-state index in [-0.39, 0.29) is 11.4 Å². The van der Waals surface area contributed by atoms with Gasteiger partial charge in [-0.2, -0.15) is 0 Å². The highest BCUT2D eigenvalue weighted by molar-refractivity contribution is 6.03. The highest BCUT2D eigenvalue weighted by Crippen LogP contribution is 2.27. The highest BCUT2D eigenvalue weighted by Gasteiger charge is 2.12. The fourth-order valence-electron chi connectivity index (χ4n) is 1.98. The smallest absolute Gasteiger partial charge is 0.271 e. The normalized spacial score (nSPS) is 10.5. The summed E-state index contributed by atoms with van der Waals surface area (Å²) in [7, 11) is 0. The van der Waals surface area contributed by atoms with Gasteiger partial charge in [0.2, 0.25) is 0 Å². The SMILES string of the molecule is NC(=O)c1nnc2cc(Oc3ccccc3)ccc2c1N. The molecule has 6 heteroatoms. The molecule has 0 spiro atoms. The largest absolute Gasteiger partial charge is 0.457 e. The minimum absolute atomic E-state index is 0.0285. The van der Waals surface area contributed by atoms with E-state index < -0.39 is 5.91 Å². The number of carbonyl (C=O) groups is 1. The fraction of sp³-hybridized carbons (Fsp3) is 0. The summed E-state index contributed by atoms with van der Waals surface area (Å²) in [5.74, 6) is 0.618. The zero-order valence-electron chi connectivity index (χ0n) is 11.0. The number of fused-ring (bicyclic) bond motifs is 1. The topological polar surface area (TPSA) is 104 Å². The summed E-state index contributed by atoms with van der Waals surface area (Å²) in [6.45, 7) is 0. The van der Waals surface area contributed by atoms with Gasteiger partial charge in [0.15, 0.2) is 5.69 Å². The number of anilines is 1. The predicted octanol–water partition coefficient (Wildman–Crippen LogP) is 2.10. The van der Waals surface area contributed by atoms with Crippen molar-refractivity contribution in [2.75, 3.05) is 5.73 Å². The molecular weight excluding hydrogens is 268 g/mol. The summed E-state index contributed by atoms with van der Waals surface area (Å²) in [5.41, 5.74) is 11.8. The van der Waals surface area contributed by atoms with Crippen LogP contribution >= 0.6 is 0 Å². The van der Waals surface area contributed by atoms with E-state index >= 15 is 0 Å². The number of para-hydroxylation sites is 1. The first-order valence-corrected chi connectivity index (χ1v) is 6.24. The number of benzene rings is 2. The Morgan fingerprint density at radius 3 is 2.48 bits per heavy atom. The Balaban J connectivity index is 2.02. The summed E-state index contributed by atoms with van der Waals surface area (Å²) in [6, 6.07) is 14.5. The standard InChI is InChI=1S/C15H12N4O2/c16-13-11-7-6-10(21-9-4-2-1-3-5-9)8-12(11)18-19-14(13)15(17)20/h1-8H,(H2,16,18)(H2,17,20). The number of aromatic nitrogens is 2. The minimum Gasteiger partial charge on any atom is -0.457 e. The number of rotatable bonds is 3. The maximum atomic E-state index is 11.2. The second kappa shape index (κ2) is 5.09. The second-order valence-corrected chi connectivity index (χ2v) is 4.42. The van der Waals surface area contributed by atoms with E-state index in [0.29, 0.717) is 22.4 Å². The van der Waals surface area contributed by atoms with E-state index in [1.165, 1.54) is 0 Å². The van der Waals surface area contributed by atoms with Crippen molar-refractivity contribution in [2.45, 2.75) is 0 Å². The number of nitrogen functional groups attached to an aromatic ring is 1. The maximum absolute atomic E-state index is 11.2. The number of carbonyl (C=O) groups excluding carboxylic acids is 1. The fourth-order valence-corrected chi connectivity index (χ4v) is 1.98. The molecule has 0 fully saturated rings. The van der Waals surface area contributed by atoms with Crippen molar-refractivity contribution in [3.63, 3.8) is 0 Å². The number of nitrogens with zero attached hydrogens (tertiary/aromatic N) is 2. The number of amides is 1. The molecule has 21 heavy (non-hydrogen) atoms. The van der Waals surface area contributed by atoms with Crippen molar-refractivity contribution in [1.29, 1.82) is 0 Å². The van der Waals surface area contributed by atoms with Crippen molar-refractivity contribution < 1.29 is 9.53 Å². The molecular formula is C15H12N4O2. The molecule has 0 aliphatic rings. The van der Waals surface area contributed by atoms with Crippen molar-refractivity contribution in [1.82, 2.24) is 10.2 Å². The molecule has 6 nitrogen and oxygen atoms in total. The van der Waals surface area contributed by atoms with Crippen LogP contribution in [0.2, 0.25) is 0 Å². The quantitative estimate of drug-likeness (QED) is 0.764. The first-order chi connectivity index (χ1) is 10.1. The maximum Gasteiger partial charge on any atom is 0.271 e. The van der Waals surface area contributed by atoms with E-state index in [0.717, 1.165) is 0 Å². The number of ether oxygens (including phenoxy) is 1. The third-order valence-electron chi connectivity index (χ3n) is 2.98. The van der Waals surface area contributed by atoms with Gasteiger partial charge in [-0.1, -0.05) is 18.2 Å². The van der Waals surface area contributed by atoms with E-state index in [1.54, 1.807) is 18.2 Å². The second-order valence-electron chi connectivity index (χ2n) is 4.42. The molecule has 3 aromatic rings. The van der Waals surface area contributed by atoms with E-state index in [9.17, 15) is 4.79 Å². The molecule has 3 rings (SSSR count). The zero-order valence-corrected chi connectivity index (χ0v) is 11.0. The molecule has 0 radical (unpaired) electrons. The molecule has 0 saturated carbocycles. The summed E-state index contributed by atoms with van der Waals surface area (Å²) in [6.07, 6.45) is 0. The molecule has 0 aliphatic heterocycles. The lowest BCUT2D eigenvalue weighted by atomic mass is 10.1. The van der Waals surface area contributed by atoms with Crippen LogP contribution < -0.4 is 16.2 Å². The van der Waals surface area contributed by atoms with Gasteiger partial charge in [0.25, 0.3) is 5.91 Å². The lowest BCUT2D eigenvalue weighted by molar-refractivity contribution is 0.0996. The van der Waals surface area contributed by atoms with Gasteiger partial charge in [0.1, 0.15) is 11.5 Å². The van der Waals surface area contributed by atoms with Crippen LogP contribution in [0.5, 0.6) is 11.5 Å². The summed E-state index contributed by atoms with van der Waals surface area (Å²) in [5, 5.41) is 8.31. The van der Waals surface area contributed by atoms with E-state index in [2.05, 4.69) is 10.2 Å². The lowest BCUT2D eigenvalue weighted by Gasteiger charge is -2.08. The van der Waals surface area contributed by atoms with Gasteiger partial charge in [-0.25, -0.2) is 0 Å². The van der Waals surface area contributed by atoms with Gasteiger partial charge in [-0.05, 0) is 24.3 Å². The summed E-state index contributed by atoms with van der Waals surface area (Å²) >= 11 is 0. The number of nitrogens with two attached hydrogens (primary N) is 2. The third-order valence-corrected chi connectivity index (χ3v) is 2.98. The van der Waals surface area contributed by atoms with Crippen LogP contribution in [0, 0.1) is 0 Å². The molecule has 104 valence electrons. The van der Waals surface area contributed by atoms with Crippen LogP contribution in [0.1, 0.15) is 10.5 Å². The van der Waals surface area contributed by atoms with Crippen LogP contribution in [-0.4, -0.2) is 16.1 Å². The van der Waals surface area contributed by atoms with Crippen molar-refractivity contribution in [3.05, 3.63) is 54.2 Å². The van der Waals surface area contributed by atoms with Crippen LogP contribution in [0.15, 0.2) is 48.5 Å². The Hall–Kier alpha value is -3.15. The van der Waals surface area contributed by atoms with Gasteiger partial charge < -0.3 is 16.2 Å².